The third kappa shape index (κ3) is 4.65. The Kier molecular flexibility index (Phi) is 5.61. The summed E-state index contributed by atoms with van der Waals surface area (Å²) >= 11 is 3.32. The molecule has 1 N–H and O–H groups in total. The van der Waals surface area contributed by atoms with Gasteiger partial charge in [-0.1, -0.05) is 41.6 Å². The van der Waals surface area contributed by atoms with Crippen molar-refractivity contribution in [1.29, 1.82) is 0 Å². The number of thiazole rings is 1. The van der Waals surface area contributed by atoms with Crippen LogP contribution in [0.4, 0.5) is 0 Å². The molecule has 0 aliphatic heterocycles. The smallest absolute Gasteiger partial charge is 0.226 e. The first-order valence-corrected chi connectivity index (χ1v) is 8.43. The van der Waals surface area contributed by atoms with Crippen LogP contribution in [-0.4, -0.2) is 17.4 Å². The lowest BCUT2D eigenvalue weighted by molar-refractivity contribution is -0.120. The monoisotopic (exact) mass is 306 g/mol. The Morgan fingerprint density at radius 3 is 2.80 bits per heavy atom. The van der Waals surface area contributed by atoms with Crippen molar-refractivity contribution >= 4 is 29.0 Å². The van der Waals surface area contributed by atoms with Crippen molar-refractivity contribution in [1.82, 2.24) is 10.3 Å². The Hall–Kier alpha value is -1.33. The molecule has 1 aromatic heterocycles. The molecule has 1 aromatic carbocycles. The molecule has 0 aliphatic carbocycles. The van der Waals surface area contributed by atoms with E-state index in [1.807, 2.05) is 12.3 Å². The average molecular weight is 306 g/mol. The van der Waals surface area contributed by atoms with Gasteiger partial charge in [-0.25, -0.2) is 4.98 Å². The van der Waals surface area contributed by atoms with Crippen LogP contribution in [0.15, 0.2) is 34.0 Å². The molecule has 3 nitrogen and oxygen atoms in total. The maximum Gasteiger partial charge on any atom is 0.226 e. The van der Waals surface area contributed by atoms with Crippen LogP contribution in [0.5, 0.6) is 0 Å². The summed E-state index contributed by atoms with van der Waals surface area (Å²) in [5.74, 6) is 0.946. The molecular weight excluding hydrogens is 288 g/mol. The van der Waals surface area contributed by atoms with Crippen molar-refractivity contribution in [3.8, 4) is 0 Å². The van der Waals surface area contributed by atoms with Crippen molar-refractivity contribution in [2.75, 3.05) is 6.54 Å². The average Bonchev–Trinajstić information content (AvgIpc) is 2.86. The number of nitrogens with one attached hydrogen (secondary N) is 1. The van der Waals surface area contributed by atoms with E-state index in [1.54, 1.807) is 23.1 Å². The fraction of sp³-hybridized carbons (Fsp3) is 0.333. The number of rotatable bonds is 6. The number of carbonyl (C=O) groups is 1. The van der Waals surface area contributed by atoms with E-state index in [2.05, 4.69) is 41.5 Å². The largest absolute Gasteiger partial charge is 0.356 e. The highest BCUT2D eigenvalue weighted by molar-refractivity contribution is 8.00. The van der Waals surface area contributed by atoms with Crippen LogP contribution in [0.25, 0.3) is 0 Å². The summed E-state index contributed by atoms with van der Waals surface area (Å²) in [6.07, 6.45) is 0.370. The van der Waals surface area contributed by atoms with Gasteiger partial charge < -0.3 is 5.32 Å². The number of aromatic nitrogens is 1. The first kappa shape index (κ1) is 15.1. The Morgan fingerprint density at radius 2 is 2.10 bits per heavy atom. The Morgan fingerprint density at radius 1 is 1.35 bits per heavy atom. The molecule has 20 heavy (non-hydrogen) atoms. The molecule has 0 bridgehead atoms. The molecule has 2 aromatic rings. The van der Waals surface area contributed by atoms with Gasteiger partial charge in [-0.15, -0.1) is 11.3 Å². The lowest BCUT2D eigenvalue weighted by atomic mass is 10.2. The number of nitrogens with zero attached hydrogens (tertiary/aromatic N) is 1. The second-order valence-corrected chi connectivity index (χ2v) is 6.59. The molecule has 0 radical (unpaired) electrons. The summed E-state index contributed by atoms with van der Waals surface area (Å²) < 4.78 is 1.02. The molecule has 0 unspecified atom stereocenters. The van der Waals surface area contributed by atoms with Crippen LogP contribution in [-0.2, 0) is 17.0 Å². The van der Waals surface area contributed by atoms with E-state index >= 15 is 0 Å². The van der Waals surface area contributed by atoms with Crippen LogP contribution in [0, 0.1) is 6.92 Å². The number of aryl methyl sites for hydroxylation is 1. The molecule has 1 amide bonds. The Bertz CT molecular complexity index is 564. The number of thioether (sulfide) groups is 1. The van der Waals surface area contributed by atoms with Gasteiger partial charge in [0.15, 0.2) is 0 Å². The van der Waals surface area contributed by atoms with Gasteiger partial charge in [0.1, 0.15) is 4.34 Å². The molecule has 0 aliphatic rings. The summed E-state index contributed by atoms with van der Waals surface area (Å²) in [6, 6.07) is 8.54. The summed E-state index contributed by atoms with van der Waals surface area (Å²) in [4.78, 5) is 16.0. The molecule has 0 atom stereocenters. The van der Waals surface area contributed by atoms with E-state index in [0.717, 1.165) is 15.8 Å². The first-order valence-electron chi connectivity index (χ1n) is 6.57. The Labute approximate surface area is 127 Å². The second kappa shape index (κ2) is 7.45. The standard InChI is InChI=1S/C15H18N2OS2/c1-3-16-14(18)8-13-10-20-15(17-13)19-9-12-6-4-11(2)5-7-12/h4-7,10H,3,8-9H2,1-2H3,(H,16,18). The molecule has 0 saturated heterocycles. The lowest BCUT2D eigenvalue weighted by Gasteiger charge is -2.00. The quantitative estimate of drug-likeness (QED) is 0.832. The SMILES string of the molecule is CCNC(=O)Cc1csc(SCc2ccc(C)cc2)n1. The number of hydrogen-bond donors (Lipinski definition) is 1. The minimum atomic E-state index is 0.0351. The minimum Gasteiger partial charge on any atom is -0.356 e. The van der Waals surface area contributed by atoms with Gasteiger partial charge in [0, 0.05) is 17.7 Å². The molecule has 106 valence electrons. The number of carbonyl (C=O) groups excluding carboxylic acids is 1. The van der Waals surface area contributed by atoms with Crippen LogP contribution in [0.2, 0.25) is 0 Å². The molecular formula is C15H18N2OS2. The van der Waals surface area contributed by atoms with E-state index in [-0.39, 0.29) is 5.91 Å². The minimum absolute atomic E-state index is 0.0351. The van der Waals surface area contributed by atoms with Gasteiger partial charge in [-0.3, -0.25) is 4.79 Å². The predicted molar refractivity (Wildman–Crippen MR) is 85.2 cm³/mol. The number of benzene rings is 1. The van der Waals surface area contributed by atoms with Crippen molar-refractivity contribution < 1.29 is 4.79 Å². The van der Waals surface area contributed by atoms with E-state index < -0.39 is 0 Å². The number of likely N-dealkylation sites (N-methyl/N-ethyl adjacent to an activating group) is 1. The summed E-state index contributed by atoms with van der Waals surface area (Å²) in [5, 5.41) is 4.75. The highest BCUT2D eigenvalue weighted by Crippen LogP contribution is 2.26. The van der Waals surface area contributed by atoms with Gasteiger partial charge in [-0.2, -0.15) is 0 Å². The van der Waals surface area contributed by atoms with Crippen LogP contribution >= 0.6 is 23.1 Å². The molecule has 1 heterocycles. The maximum atomic E-state index is 11.5. The third-order valence-electron chi connectivity index (χ3n) is 2.73. The van der Waals surface area contributed by atoms with Crippen LogP contribution in [0.3, 0.4) is 0 Å². The topological polar surface area (TPSA) is 42.0 Å². The van der Waals surface area contributed by atoms with E-state index in [1.165, 1.54) is 11.1 Å². The van der Waals surface area contributed by atoms with Gasteiger partial charge in [0.25, 0.3) is 0 Å². The summed E-state index contributed by atoms with van der Waals surface area (Å²) in [6.45, 7) is 4.67. The van der Waals surface area contributed by atoms with Gasteiger partial charge in [-0.05, 0) is 19.4 Å². The fourth-order valence-corrected chi connectivity index (χ4v) is 3.49. The number of amides is 1. The zero-order valence-electron chi connectivity index (χ0n) is 11.7. The zero-order chi connectivity index (χ0) is 14.4. The van der Waals surface area contributed by atoms with E-state index in [0.29, 0.717) is 13.0 Å². The summed E-state index contributed by atoms with van der Waals surface area (Å²) in [5.41, 5.74) is 3.42. The normalized spacial score (nSPS) is 10.5. The maximum absolute atomic E-state index is 11.5. The van der Waals surface area contributed by atoms with Crippen molar-refractivity contribution in [3.05, 3.63) is 46.5 Å². The van der Waals surface area contributed by atoms with Crippen LogP contribution < -0.4 is 5.32 Å². The Balaban J connectivity index is 1.86. The second-order valence-electron chi connectivity index (χ2n) is 4.51. The highest BCUT2D eigenvalue weighted by Gasteiger charge is 2.07. The van der Waals surface area contributed by atoms with Gasteiger partial charge in [0.2, 0.25) is 5.91 Å². The van der Waals surface area contributed by atoms with Gasteiger partial charge in [0.05, 0.1) is 12.1 Å². The van der Waals surface area contributed by atoms with E-state index in [4.69, 9.17) is 0 Å². The predicted octanol–water partition coefficient (Wildman–Crippen LogP) is 3.42. The molecule has 0 fully saturated rings. The van der Waals surface area contributed by atoms with Crippen molar-refractivity contribution in [2.45, 2.75) is 30.4 Å². The zero-order valence-corrected chi connectivity index (χ0v) is 13.3. The van der Waals surface area contributed by atoms with E-state index in [9.17, 15) is 4.79 Å². The van der Waals surface area contributed by atoms with Crippen molar-refractivity contribution in [2.24, 2.45) is 0 Å². The molecule has 0 saturated carbocycles. The number of hydrogen-bond acceptors (Lipinski definition) is 4. The third-order valence-corrected chi connectivity index (χ3v) is 4.87. The summed E-state index contributed by atoms with van der Waals surface area (Å²) in [7, 11) is 0. The van der Waals surface area contributed by atoms with Crippen LogP contribution in [0.1, 0.15) is 23.7 Å². The molecule has 5 heteroatoms. The fourth-order valence-electron chi connectivity index (χ4n) is 1.69. The van der Waals surface area contributed by atoms with Crippen molar-refractivity contribution in [3.63, 3.8) is 0 Å². The molecule has 0 spiro atoms. The van der Waals surface area contributed by atoms with Gasteiger partial charge >= 0.3 is 0 Å². The molecule has 2 rings (SSSR count). The first-order chi connectivity index (χ1) is 9.67. The lowest BCUT2D eigenvalue weighted by Crippen LogP contribution is -2.24. The highest BCUT2D eigenvalue weighted by atomic mass is 32.2.